The third-order valence-electron chi connectivity index (χ3n) is 1.76. The van der Waals surface area contributed by atoms with Crippen molar-refractivity contribution in [3.05, 3.63) is 35.6 Å². The van der Waals surface area contributed by atoms with Gasteiger partial charge in [0, 0.05) is 5.56 Å². The Hall–Kier alpha value is -0.960. The molecular weight excluding hydrogens is 160 g/mol. The quantitative estimate of drug-likeness (QED) is 0.725. The second-order valence-corrected chi connectivity index (χ2v) is 2.72. The highest BCUT2D eigenvalue weighted by atomic mass is 19.1. The topological polar surface area (TPSA) is 26.0 Å². The summed E-state index contributed by atoms with van der Waals surface area (Å²) in [7, 11) is 0. The van der Waals surface area contributed by atoms with E-state index in [4.69, 9.17) is 5.73 Å². The molecule has 0 radical (unpaired) electrons. The van der Waals surface area contributed by atoms with Crippen molar-refractivity contribution in [2.45, 2.75) is 19.1 Å². The van der Waals surface area contributed by atoms with E-state index >= 15 is 0 Å². The molecule has 0 aliphatic heterocycles. The first-order valence-corrected chi connectivity index (χ1v) is 3.77. The van der Waals surface area contributed by atoms with Crippen molar-refractivity contribution in [1.29, 1.82) is 0 Å². The van der Waals surface area contributed by atoms with Crippen LogP contribution in [0, 0.1) is 5.82 Å². The van der Waals surface area contributed by atoms with E-state index in [0.717, 1.165) is 0 Å². The maximum atomic E-state index is 13.0. The lowest BCUT2D eigenvalue weighted by Gasteiger charge is -2.13. The molecule has 0 bridgehead atoms. The summed E-state index contributed by atoms with van der Waals surface area (Å²) in [6, 6.07) is 5.09. The van der Waals surface area contributed by atoms with Gasteiger partial charge in [-0.1, -0.05) is 18.2 Å². The fourth-order valence-corrected chi connectivity index (χ4v) is 0.993. The molecule has 0 aliphatic rings. The zero-order chi connectivity index (χ0) is 9.14. The Balaban J connectivity index is 2.94. The Bertz CT molecular complexity index is 260. The molecule has 2 atom stereocenters. The smallest absolute Gasteiger partial charge is 0.128 e. The molecule has 2 unspecified atom stereocenters. The standard InChI is InChI=1S/C9H11F2N/c1-6(10)9(12)7-4-2-3-5-8(7)11/h2-6,9H,12H2,1H3. The molecule has 0 aromatic heterocycles. The largest absolute Gasteiger partial charge is 0.321 e. The molecular formula is C9H11F2N. The van der Waals surface area contributed by atoms with Gasteiger partial charge < -0.3 is 5.73 Å². The summed E-state index contributed by atoms with van der Waals surface area (Å²) < 4.78 is 25.6. The number of hydrogen-bond acceptors (Lipinski definition) is 1. The van der Waals surface area contributed by atoms with Gasteiger partial charge in [-0.05, 0) is 13.0 Å². The molecule has 12 heavy (non-hydrogen) atoms. The molecule has 0 spiro atoms. The minimum Gasteiger partial charge on any atom is -0.321 e. The van der Waals surface area contributed by atoms with Gasteiger partial charge in [-0.25, -0.2) is 8.78 Å². The van der Waals surface area contributed by atoms with E-state index < -0.39 is 18.0 Å². The molecule has 1 rings (SSSR count). The summed E-state index contributed by atoms with van der Waals surface area (Å²) in [5.74, 6) is -0.450. The third-order valence-corrected chi connectivity index (χ3v) is 1.76. The normalized spacial score (nSPS) is 15.7. The highest BCUT2D eigenvalue weighted by Gasteiger charge is 2.16. The van der Waals surface area contributed by atoms with Crippen LogP contribution in [0.4, 0.5) is 8.78 Å². The van der Waals surface area contributed by atoms with E-state index in [0.29, 0.717) is 0 Å². The molecule has 66 valence electrons. The lowest BCUT2D eigenvalue weighted by Crippen LogP contribution is -2.20. The summed E-state index contributed by atoms with van der Waals surface area (Å²) >= 11 is 0. The molecule has 3 heteroatoms. The number of halogens is 2. The van der Waals surface area contributed by atoms with Crippen LogP contribution < -0.4 is 5.73 Å². The lowest BCUT2D eigenvalue weighted by molar-refractivity contribution is 0.304. The summed E-state index contributed by atoms with van der Waals surface area (Å²) in [5.41, 5.74) is 5.65. The van der Waals surface area contributed by atoms with Crippen molar-refractivity contribution in [1.82, 2.24) is 0 Å². The number of hydrogen-bond donors (Lipinski definition) is 1. The van der Waals surface area contributed by atoms with Crippen LogP contribution in [0.5, 0.6) is 0 Å². The minimum atomic E-state index is -1.23. The SMILES string of the molecule is CC(F)C(N)c1ccccc1F. The van der Waals surface area contributed by atoms with E-state index in [1.54, 1.807) is 12.1 Å². The Labute approximate surface area is 70.2 Å². The highest BCUT2D eigenvalue weighted by molar-refractivity contribution is 5.21. The van der Waals surface area contributed by atoms with Crippen molar-refractivity contribution in [3.8, 4) is 0 Å². The molecule has 0 saturated carbocycles. The molecule has 0 saturated heterocycles. The van der Waals surface area contributed by atoms with Gasteiger partial charge in [0.05, 0.1) is 6.04 Å². The molecule has 0 fully saturated rings. The van der Waals surface area contributed by atoms with Gasteiger partial charge in [0.15, 0.2) is 0 Å². The number of alkyl halides is 1. The minimum absolute atomic E-state index is 0.229. The Kier molecular flexibility index (Phi) is 2.76. The van der Waals surface area contributed by atoms with Crippen LogP contribution in [0.25, 0.3) is 0 Å². The lowest BCUT2D eigenvalue weighted by atomic mass is 10.0. The van der Waals surface area contributed by atoms with Gasteiger partial charge in [0.1, 0.15) is 12.0 Å². The predicted molar refractivity (Wildman–Crippen MR) is 43.9 cm³/mol. The van der Waals surface area contributed by atoms with Gasteiger partial charge in [0.2, 0.25) is 0 Å². The summed E-state index contributed by atoms with van der Waals surface area (Å²) in [4.78, 5) is 0. The van der Waals surface area contributed by atoms with Gasteiger partial charge in [-0.2, -0.15) is 0 Å². The summed E-state index contributed by atoms with van der Waals surface area (Å²) in [5, 5.41) is 0. The fraction of sp³-hybridized carbons (Fsp3) is 0.333. The van der Waals surface area contributed by atoms with Crippen LogP contribution in [0.1, 0.15) is 18.5 Å². The number of rotatable bonds is 2. The second-order valence-electron chi connectivity index (χ2n) is 2.72. The van der Waals surface area contributed by atoms with Crippen molar-refractivity contribution < 1.29 is 8.78 Å². The highest BCUT2D eigenvalue weighted by Crippen LogP contribution is 2.18. The van der Waals surface area contributed by atoms with E-state index in [-0.39, 0.29) is 5.56 Å². The van der Waals surface area contributed by atoms with Gasteiger partial charge in [-0.3, -0.25) is 0 Å². The summed E-state index contributed by atoms with van der Waals surface area (Å²) in [6.45, 7) is 1.32. The first kappa shape index (κ1) is 9.13. The van der Waals surface area contributed by atoms with Crippen LogP contribution in [0.3, 0.4) is 0 Å². The summed E-state index contributed by atoms with van der Waals surface area (Å²) in [6.07, 6.45) is -1.23. The number of benzene rings is 1. The van der Waals surface area contributed by atoms with Crippen LogP contribution in [0.15, 0.2) is 24.3 Å². The molecule has 2 N–H and O–H groups in total. The molecule has 0 amide bonds. The first-order chi connectivity index (χ1) is 5.63. The average molecular weight is 171 g/mol. The zero-order valence-electron chi connectivity index (χ0n) is 6.80. The van der Waals surface area contributed by atoms with Crippen LogP contribution in [-0.2, 0) is 0 Å². The van der Waals surface area contributed by atoms with Crippen molar-refractivity contribution in [2.24, 2.45) is 5.73 Å². The van der Waals surface area contributed by atoms with E-state index in [1.165, 1.54) is 19.1 Å². The second kappa shape index (κ2) is 3.63. The zero-order valence-corrected chi connectivity index (χ0v) is 6.80. The van der Waals surface area contributed by atoms with Crippen molar-refractivity contribution in [2.75, 3.05) is 0 Å². The molecule has 1 aromatic rings. The van der Waals surface area contributed by atoms with E-state index in [1.807, 2.05) is 0 Å². The Morgan fingerprint density at radius 1 is 1.33 bits per heavy atom. The maximum absolute atomic E-state index is 13.0. The predicted octanol–water partition coefficient (Wildman–Crippen LogP) is 2.18. The van der Waals surface area contributed by atoms with Gasteiger partial charge >= 0.3 is 0 Å². The van der Waals surface area contributed by atoms with Crippen molar-refractivity contribution in [3.63, 3.8) is 0 Å². The maximum Gasteiger partial charge on any atom is 0.128 e. The van der Waals surface area contributed by atoms with Gasteiger partial charge in [-0.15, -0.1) is 0 Å². The van der Waals surface area contributed by atoms with E-state index in [9.17, 15) is 8.78 Å². The first-order valence-electron chi connectivity index (χ1n) is 3.77. The van der Waals surface area contributed by atoms with Crippen LogP contribution >= 0.6 is 0 Å². The number of nitrogens with two attached hydrogens (primary N) is 1. The molecule has 0 aliphatic carbocycles. The van der Waals surface area contributed by atoms with E-state index in [2.05, 4.69) is 0 Å². The van der Waals surface area contributed by atoms with Crippen molar-refractivity contribution >= 4 is 0 Å². The molecule has 0 heterocycles. The van der Waals surface area contributed by atoms with Gasteiger partial charge in [0.25, 0.3) is 0 Å². The fourth-order valence-electron chi connectivity index (χ4n) is 0.993. The third kappa shape index (κ3) is 1.80. The van der Waals surface area contributed by atoms with Crippen LogP contribution in [-0.4, -0.2) is 6.17 Å². The Morgan fingerprint density at radius 2 is 1.92 bits per heavy atom. The Morgan fingerprint density at radius 3 is 2.42 bits per heavy atom. The molecule has 1 aromatic carbocycles. The van der Waals surface area contributed by atoms with Crippen LogP contribution in [0.2, 0.25) is 0 Å². The average Bonchev–Trinajstić information content (AvgIpc) is 2.04. The molecule has 1 nitrogen and oxygen atoms in total. The monoisotopic (exact) mass is 171 g/mol.